The number of rotatable bonds is 6. The summed E-state index contributed by atoms with van der Waals surface area (Å²) >= 11 is 0. The van der Waals surface area contributed by atoms with E-state index in [9.17, 15) is 9.18 Å². The van der Waals surface area contributed by atoms with E-state index < -0.39 is 11.9 Å². The van der Waals surface area contributed by atoms with Crippen LogP contribution in [0.25, 0.3) is 0 Å². The Bertz CT molecular complexity index is 614. The Morgan fingerprint density at radius 1 is 1.29 bits per heavy atom. The van der Waals surface area contributed by atoms with Crippen LogP contribution in [0, 0.1) is 5.82 Å². The predicted octanol–water partition coefficient (Wildman–Crippen LogP) is 2.61. The number of ether oxygens (including phenoxy) is 1. The highest BCUT2D eigenvalue weighted by Gasteiger charge is 2.18. The molecule has 110 valence electrons. The molecule has 2 rings (SSSR count). The molecule has 0 radical (unpaired) electrons. The predicted molar refractivity (Wildman–Crippen MR) is 79.1 cm³/mol. The summed E-state index contributed by atoms with van der Waals surface area (Å²) in [5.41, 5.74) is 7.77. The molecule has 2 aromatic rings. The smallest absolute Gasteiger partial charge is 0.244 e. The van der Waals surface area contributed by atoms with Crippen molar-refractivity contribution in [2.75, 3.05) is 12.4 Å². The summed E-state index contributed by atoms with van der Waals surface area (Å²) in [5.74, 6) is -0.841. The second-order valence-electron chi connectivity index (χ2n) is 4.66. The molecule has 0 aromatic heterocycles. The van der Waals surface area contributed by atoms with Gasteiger partial charge in [0.2, 0.25) is 5.91 Å². The molecule has 5 heteroatoms. The molecule has 2 aromatic carbocycles. The molecule has 0 fully saturated rings. The third-order valence-electron chi connectivity index (χ3n) is 3.04. The molecule has 0 saturated carbocycles. The van der Waals surface area contributed by atoms with Crippen LogP contribution in [0.3, 0.4) is 0 Å². The number of nitrogens with two attached hydrogens (primary N) is 1. The summed E-state index contributed by atoms with van der Waals surface area (Å²) < 4.78 is 18.0. The van der Waals surface area contributed by atoms with Crippen molar-refractivity contribution in [3.05, 3.63) is 65.5 Å². The number of benzene rings is 2. The standard InChI is InChI=1S/C16H17FN2O2/c1-21-10-11-3-2-4-12(9-11)15(16(18)20)19-14-7-5-13(17)6-8-14/h2-9,15,19H,10H2,1H3,(H2,18,20). The van der Waals surface area contributed by atoms with Gasteiger partial charge in [-0.3, -0.25) is 4.79 Å². The van der Waals surface area contributed by atoms with Crippen LogP contribution in [0.15, 0.2) is 48.5 Å². The minimum absolute atomic E-state index is 0.335. The Kier molecular flexibility index (Phi) is 4.90. The van der Waals surface area contributed by atoms with E-state index in [0.29, 0.717) is 12.3 Å². The summed E-state index contributed by atoms with van der Waals surface area (Å²) in [6.45, 7) is 0.454. The maximum absolute atomic E-state index is 12.9. The van der Waals surface area contributed by atoms with E-state index in [1.807, 2.05) is 24.3 Å². The Labute approximate surface area is 122 Å². The van der Waals surface area contributed by atoms with Gasteiger partial charge in [-0.15, -0.1) is 0 Å². The van der Waals surface area contributed by atoms with E-state index >= 15 is 0 Å². The van der Waals surface area contributed by atoms with Gasteiger partial charge >= 0.3 is 0 Å². The zero-order valence-corrected chi connectivity index (χ0v) is 11.7. The highest BCUT2D eigenvalue weighted by Crippen LogP contribution is 2.21. The molecule has 3 N–H and O–H groups in total. The number of halogens is 1. The van der Waals surface area contributed by atoms with Gasteiger partial charge in [0, 0.05) is 12.8 Å². The lowest BCUT2D eigenvalue weighted by Gasteiger charge is -2.18. The van der Waals surface area contributed by atoms with Gasteiger partial charge in [0.05, 0.1) is 6.61 Å². The van der Waals surface area contributed by atoms with Gasteiger partial charge in [-0.25, -0.2) is 4.39 Å². The van der Waals surface area contributed by atoms with Gasteiger partial charge in [-0.05, 0) is 35.4 Å². The third-order valence-corrected chi connectivity index (χ3v) is 3.04. The van der Waals surface area contributed by atoms with E-state index in [4.69, 9.17) is 10.5 Å². The molecule has 1 atom stereocenters. The second-order valence-corrected chi connectivity index (χ2v) is 4.66. The van der Waals surface area contributed by atoms with Gasteiger partial charge in [0.1, 0.15) is 11.9 Å². The molecule has 1 amide bonds. The zero-order valence-electron chi connectivity index (χ0n) is 11.7. The van der Waals surface area contributed by atoms with E-state index in [1.165, 1.54) is 12.1 Å². The summed E-state index contributed by atoms with van der Waals surface area (Å²) in [6.07, 6.45) is 0. The second kappa shape index (κ2) is 6.85. The summed E-state index contributed by atoms with van der Waals surface area (Å²) in [7, 11) is 1.61. The number of methoxy groups -OCH3 is 1. The SMILES string of the molecule is COCc1cccc(C(Nc2ccc(F)cc2)C(N)=O)c1. The zero-order chi connectivity index (χ0) is 15.2. The first kappa shape index (κ1) is 15.0. The number of hydrogen-bond donors (Lipinski definition) is 2. The van der Waals surface area contributed by atoms with Gasteiger partial charge in [0.25, 0.3) is 0 Å². The highest BCUT2D eigenvalue weighted by atomic mass is 19.1. The van der Waals surface area contributed by atoms with Crippen LogP contribution in [0.4, 0.5) is 10.1 Å². The molecule has 4 nitrogen and oxygen atoms in total. The van der Waals surface area contributed by atoms with Crippen molar-refractivity contribution >= 4 is 11.6 Å². The number of anilines is 1. The van der Waals surface area contributed by atoms with Crippen molar-refractivity contribution in [1.82, 2.24) is 0 Å². The van der Waals surface area contributed by atoms with E-state index in [2.05, 4.69) is 5.32 Å². The van der Waals surface area contributed by atoms with Gasteiger partial charge in [-0.1, -0.05) is 24.3 Å². The van der Waals surface area contributed by atoms with Crippen molar-refractivity contribution in [2.24, 2.45) is 5.73 Å². The van der Waals surface area contributed by atoms with Crippen LogP contribution in [0.2, 0.25) is 0 Å². The highest BCUT2D eigenvalue weighted by molar-refractivity contribution is 5.84. The average Bonchev–Trinajstić information content (AvgIpc) is 2.47. The van der Waals surface area contributed by atoms with Crippen molar-refractivity contribution in [3.8, 4) is 0 Å². The van der Waals surface area contributed by atoms with Gasteiger partial charge < -0.3 is 15.8 Å². The topological polar surface area (TPSA) is 64.3 Å². The quantitative estimate of drug-likeness (QED) is 0.858. The first-order valence-corrected chi connectivity index (χ1v) is 6.49. The van der Waals surface area contributed by atoms with E-state index in [-0.39, 0.29) is 5.82 Å². The molecule has 0 heterocycles. The van der Waals surface area contributed by atoms with Crippen molar-refractivity contribution in [3.63, 3.8) is 0 Å². The number of amides is 1. The molecule has 0 bridgehead atoms. The van der Waals surface area contributed by atoms with E-state index in [0.717, 1.165) is 11.1 Å². The number of hydrogen-bond acceptors (Lipinski definition) is 3. The lowest BCUT2D eigenvalue weighted by molar-refractivity contribution is -0.118. The Morgan fingerprint density at radius 3 is 2.62 bits per heavy atom. The van der Waals surface area contributed by atoms with Crippen LogP contribution in [0.1, 0.15) is 17.2 Å². The van der Waals surface area contributed by atoms with Gasteiger partial charge in [-0.2, -0.15) is 0 Å². The normalized spacial score (nSPS) is 11.9. The largest absolute Gasteiger partial charge is 0.380 e. The van der Waals surface area contributed by atoms with Crippen LogP contribution >= 0.6 is 0 Å². The summed E-state index contributed by atoms with van der Waals surface area (Å²) in [4.78, 5) is 11.7. The maximum atomic E-state index is 12.9. The van der Waals surface area contributed by atoms with Gasteiger partial charge in [0.15, 0.2) is 0 Å². The first-order valence-electron chi connectivity index (χ1n) is 6.49. The van der Waals surface area contributed by atoms with Crippen molar-refractivity contribution in [1.29, 1.82) is 0 Å². The maximum Gasteiger partial charge on any atom is 0.244 e. The number of carbonyl (C=O) groups excluding carboxylic acids is 1. The molecule has 1 unspecified atom stereocenters. The van der Waals surface area contributed by atoms with Crippen molar-refractivity contribution in [2.45, 2.75) is 12.6 Å². The number of carbonyl (C=O) groups is 1. The monoisotopic (exact) mass is 288 g/mol. The van der Waals surface area contributed by atoms with Crippen LogP contribution in [-0.2, 0) is 16.1 Å². The molecular weight excluding hydrogens is 271 g/mol. The van der Waals surface area contributed by atoms with Crippen LogP contribution < -0.4 is 11.1 Å². The molecule has 0 aliphatic carbocycles. The molecule has 0 aliphatic rings. The Balaban J connectivity index is 2.24. The summed E-state index contributed by atoms with van der Waals surface area (Å²) in [5, 5.41) is 3.01. The molecule has 21 heavy (non-hydrogen) atoms. The Hall–Kier alpha value is -2.40. The molecule has 0 aliphatic heterocycles. The van der Waals surface area contributed by atoms with Crippen molar-refractivity contribution < 1.29 is 13.9 Å². The fourth-order valence-electron chi connectivity index (χ4n) is 2.06. The minimum Gasteiger partial charge on any atom is -0.380 e. The van der Waals surface area contributed by atoms with Crippen LogP contribution in [0.5, 0.6) is 0 Å². The number of nitrogens with one attached hydrogen (secondary N) is 1. The van der Waals surface area contributed by atoms with Crippen LogP contribution in [-0.4, -0.2) is 13.0 Å². The molecule has 0 spiro atoms. The van der Waals surface area contributed by atoms with E-state index in [1.54, 1.807) is 19.2 Å². The summed E-state index contributed by atoms with van der Waals surface area (Å²) in [6, 6.07) is 12.5. The fourth-order valence-corrected chi connectivity index (χ4v) is 2.06. The average molecular weight is 288 g/mol. The fraction of sp³-hybridized carbons (Fsp3) is 0.188. The minimum atomic E-state index is -0.688. The Morgan fingerprint density at radius 2 is 2.00 bits per heavy atom. The number of primary amides is 1. The molecule has 0 saturated heterocycles. The first-order chi connectivity index (χ1) is 10.1. The lowest BCUT2D eigenvalue weighted by Crippen LogP contribution is -2.27. The molecular formula is C16H17FN2O2. The lowest BCUT2D eigenvalue weighted by atomic mass is 10.0. The third kappa shape index (κ3) is 4.03.